The molecule has 0 aromatic heterocycles. The van der Waals surface area contributed by atoms with Crippen LogP contribution in [0.1, 0.15) is 19.3 Å². The largest absolute Gasteiger partial charge is 0.481 e. The van der Waals surface area contributed by atoms with Crippen LogP contribution >= 0.6 is 0 Å². The molecule has 102 valence electrons. The highest BCUT2D eigenvalue weighted by Crippen LogP contribution is 2.26. The fourth-order valence-corrected chi connectivity index (χ4v) is 2.54. The SMILES string of the molecule is O=C(O)[C@@H]1CC[C@H](NC(=O)N2CC(O)C(O)C2)C1. The molecule has 0 bridgehead atoms. The topological polar surface area (TPSA) is 110 Å². The van der Waals surface area contributed by atoms with Crippen molar-refractivity contribution >= 4 is 12.0 Å². The van der Waals surface area contributed by atoms with Crippen molar-refractivity contribution in [1.29, 1.82) is 0 Å². The first-order valence-electron chi connectivity index (χ1n) is 6.11. The molecule has 1 aliphatic carbocycles. The highest BCUT2D eigenvalue weighted by Gasteiger charge is 2.35. The highest BCUT2D eigenvalue weighted by atomic mass is 16.4. The number of hydrogen-bond donors (Lipinski definition) is 4. The van der Waals surface area contributed by atoms with Crippen LogP contribution in [0.4, 0.5) is 4.79 Å². The van der Waals surface area contributed by atoms with Crippen LogP contribution in [-0.4, -0.2) is 63.6 Å². The van der Waals surface area contributed by atoms with Crippen LogP contribution in [-0.2, 0) is 4.79 Å². The molecule has 2 unspecified atom stereocenters. The standard InChI is InChI=1S/C11H18N2O5/c14-8-4-13(5-9(8)15)11(18)12-7-2-1-6(3-7)10(16)17/h6-9,14-15H,1-5H2,(H,12,18)(H,16,17)/t6-,7+,8?,9?/m1/s1. The van der Waals surface area contributed by atoms with Crippen LogP contribution in [0, 0.1) is 5.92 Å². The number of hydrogen-bond acceptors (Lipinski definition) is 4. The third-order valence-corrected chi connectivity index (χ3v) is 3.66. The number of carbonyl (C=O) groups excluding carboxylic acids is 1. The normalized spacial score (nSPS) is 35.8. The quantitative estimate of drug-likeness (QED) is 0.507. The average molecular weight is 258 g/mol. The van der Waals surface area contributed by atoms with E-state index in [2.05, 4.69) is 5.32 Å². The molecule has 7 heteroatoms. The summed E-state index contributed by atoms with van der Waals surface area (Å²) in [6.45, 7) is 0.226. The van der Waals surface area contributed by atoms with Gasteiger partial charge in [-0.1, -0.05) is 0 Å². The number of nitrogens with zero attached hydrogens (tertiary/aromatic N) is 1. The van der Waals surface area contributed by atoms with Crippen LogP contribution < -0.4 is 5.32 Å². The lowest BCUT2D eigenvalue weighted by molar-refractivity contribution is -0.141. The first kappa shape index (κ1) is 13.1. The second-order valence-electron chi connectivity index (χ2n) is 5.03. The van der Waals surface area contributed by atoms with Crippen LogP contribution in [0.2, 0.25) is 0 Å². The number of carbonyl (C=O) groups is 2. The van der Waals surface area contributed by atoms with Crippen LogP contribution in [0.3, 0.4) is 0 Å². The number of β-amino-alcohol motifs (C(OH)–C–C–N with tert-alkyl or cyclic N) is 2. The van der Waals surface area contributed by atoms with Crippen molar-refractivity contribution in [1.82, 2.24) is 10.2 Å². The first-order valence-corrected chi connectivity index (χ1v) is 6.11. The van der Waals surface area contributed by atoms with E-state index >= 15 is 0 Å². The fourth-order valence-electron chi connectivity index (χ4n) is 2.54. The van der Waals surface area contributed by atoms with Gasteiger partial charge >= 0.3 is 12.0 Å². The fraction of sp³-hybridized carbons (Fsp3) is 0.818. The first-order chi connectivity index (χ1) is 8.47. The Kier molecular flexibility index (Phi) is 3.72. The molecule has 4 N–H and O–H groups in total. The van der Waals surface area contributed by atoms with E-state index in [1.807, 2.05) is 0 Å². The average Bonchev–Trinajstić information content (AvgIpc) is 2.87. The van der Waals surface area contributed by atoms with Gasteiger partial charge in [0.05, 0.1) is 31.2 Å². The maximum absolute atomic E-state index is 11.8. The lowest BCUT2D eigenvalue weighted by atomic mass is 10.1. The highest BCUT2D eigenvalue weighted by molar-refractivity contribution is 5.75. The lowest BCUT2D eigenvalue weighted by Gasteiger charge is -2.20. The number of carboxylic acids is 1. The molecule has 1 heterocycles. The molecule has 0 radical (unpaired) electrons. The van der Waals surface area contributed by atoms with Crippen LogP contribution in [0.15, 0.2) is 0 Å². The number of rotatable bonds is 2. The zero-order valence-corrected chi connectivity index (χ0v) is 9.95. The molecule has 2 amide bonds. The van der Waals surface area contributed by atoms with E-state index in [1.54, 1.807) is 0 Å². The molecule has 2 fully saturated rings. The molecule has 7 nitrogen and oxygen atoms in total. The summed E-state index contributed by atoms with van der Waals surface area (Å²) in [4.78, 5) is 24.0. The number of urea groups is 1. The molecular formula is C11H18N2O5. The number of carboxylic acid groups (broad SMARTS) is 1. The smallest absolute Gasteiger partial charge is 0.317 e. The predicted molar refractivity (Wildman–Crippen MR) is 60.9 cm³/mol. The van der Waals surface area contributed by atoms with Gasteiger partial charge in [-0.2, -0.15) is 0 Å². The number of aliphatic hydroxyl groups excluding tert-OH is 2. The van der Waals surface area contributed by atoms with E-state index in [4.69, 9.17) is 5.11 Å². The summed E-state index contributed by atoms with van der Waals surface area (Å²) in [7, 11) is 0. The molecule has 0 aromatic rings. The number of aliphatic hydroxyl groups is 2. The number of nitrogens with one attached hydrogen (secondary N) is 1. The van der Waals surface area contributed by atoms with E-state index < -0.39 is 18.2 Å². The second kappa shape index (κ2) is 5.11. The van der Waals surface area contributed by atoms with E-state index in [0.717, 1.165) is 0 Å². The predicted octanol–water partition coefficient (Wildman–Crippen LogP) is -1.01. The van der Waals surface area contributed by atoms with E-state index in [9.17, 15) is 19.8 Å². The van der Waals surface area contributed by atoms with Gasteiger partial charge < -0.3 is 25.5 Å². The van der Waals surface area contributed by atoms with Gasteiger partial charge in [-0.15, -0.1) is 0 Å². The van der Waals surface area contributed by atoms with Gasteiger partial charge in [-0.3, -0.25) is 4.79 Å². The Bertz CT molecular complexity index is 338. The summed E-state index contributed by atoms with van der Waals surface area (Å²) in [5, 5.41) is 30.3. The molecule has 2 aliphatic rings. The third kappa shape index (κ3) is 2.73. The molecule has 0 aromatic carbocycles. The van der Waals surface area contributed by atoms with Crippen molar-refractivity contribution in [3.63, 3.8) is 0 Å². The van der Waals surface area contributed by atoms with Crippen LogP contribution in [0.5, 0.6) is 0 Å². The van der Waals surface area contributed by atoms with Gasteiger partial charge in [0.25, 0.3) is 0 Å². The molecule has 18 heavy (non-hydrogen) atoms. The van der Waals surface area contributed by atoms with Gasteiger partial charge in [0.1, 0.15) is 0 Å². The zero-order chi connectivity index (χ0) is 13.3. The summed E-state index contributed by atoms with van der Waals surface area (Å²) < 4.78 is 0. The molecule has 2 rings (SSSR count). The summed E-state index contributed by atoms with van der Waals surface area (Å²) in [5.41, 5.74) is 0. The molecule has 1 saturated carbocycles. The molecular weight excluding hydrogens is 240 g/mol. The Balaban J connectivity index is 1.81. The Morgan fingerprint density at radius 2 is 1.72 bits per heavy atom. The third-order valence-electron chi connectivity index (χ3n) is 3.66. The van der Waals surface area contributed by atoms with Crippen molar-refractivity contribution in [2.45, 2.75) is 37.5 Å². The lowest BCUT2D eigenvalue weighted by Crippen LogP contribution is -2.43. The van der Waals surface area contributed by atoms with Crippen molar-refractivity contribution in [2.75, 3.05) is 13.1 Å². The Labute approximate surface area is 104 Å². The Morgan fingerprint density at radius 3 is 2.22 bits per heavy atom. The van der Waals surface area contributed by atoms with Gasteiger partial charge in [-0.05, 0) is 19.3 Å². The van der Waals surface area contributed by atoms with Gasteiger partial charge in [0, 0.05) is 6.04 Å². The minimum absolute atomic E-state index is 0.113. The summed E-state index contributed by atoms with van der Waals surface area (Å²) in [6, 6.07) is -0.477. The molecule has 4 atom stereocenters. The van der Waals surface area contributed by atoms with Crippen molar-refractivity contribution in [3.05, 3.63) is 0 Å². The molecule has 1 saturated heterocycles. The minimum atomic E-state index is -0.897. The summed E-state index contributed by atoms with van der Waals surface area (Å²) >= 11 is 0. The molecule has 0 spiro atoms. The minimum Gasteiger partial charge on any atom is -0.481 e. The van der Waals surface area contributed by atoms with Crippen molar-refractivity contribution < 1.29 is 24.9 Å². The summed E-state index contributed by atoms with van der Waals surface area (Å²) in [6.07, 6.45) is -0.120. The monoisotopic (exact) mass is 258 g/mol. The van der Waals surface area contributed by atoms with Gasteiger partial charge in [0.2, 0.25) is 0 Å². The number of aliphatic carboxylic acids is 1. The molecule has 1 aliphatic heterocycles. The van der Waals surface area contributed by atoms with Crippen molar-refractivity contribution in [2.24, 2.45) is 5.92 Å². The second-order valence-corrected chi connectivity index (χ2v) is 5.03. The number of amides is 2. The summed E-state index contributed by atoms with van der Waals surface area (Å²) in [5.74, 6) is -1.20. The van der Waals surface area contributed by atoms with Crippen LogP contribution in [0.25, 0.3) is 0 Å². The van der Waals surface area contributed by atoms with Crippen molar-refractivity contribution in [3.8, 4) is 0 Å². The van der Waals surface area contributed by atoms with E-state index in [0.29, 0.717) is 19.3 Å². The Hall–Kier alpha value is -1.34. The van der Waals surface area contributed by atoms with E-state index in [1.165, 1.54) is 4.90 Å². The number of likely N-dealkylation sites (tertiary alicyclic amines) is 1. The van der Waals surface area contributed by atoms with Gasteiger partial charge in [0.15, 0.2) is 0 Å². The van der Waals surface area contributed by atoms with Gasteiger partial charge in [-0.25, -0.2) is 4.79 Å². The maximum Gasteiger partial charge on any atom is 0.317 e. The zero-order valence-electron chi connectivity index (χ0n) is 9.95. The Morgan fingerprint density at radius 1 is 1.11 bits per heavy atom. The van der Waals surface area contributed by atoms with E-state index in [-0.39, 0.29) is 31.1 Å². The maximum atomic E-state index is 11.8.